The van der Waals surface area contributed by atoms with E-state index in [1.165, 1.54) is 0 Å². The molecule has 1 saturated heterocycles. The van der Waals surface area contributed by atoms with E-state index in [-0.39, 0.29) is 5.91 Å². The molecule has 1 amide bonds. The number of morpholine rings is 1. The number of amides is 1. The third-order valence-electron chi connectivity index (χ3n) is 2.04. The van der Waals surface area contributed by atoms with Crippen LogP contribution in [0.25, 0.3) is 0 Å². The molecule has 80 valence electrons. The van der Waals surface area contributed by atoms with E-state index < -0.39 is 6.04 Å². The minimum atomic E-state index is -0.504. The van der Waals surface area contributed by atoms with E-state index in [1.807, 2.05) is 5.01 Å². The number of rotatable bonds is 4. The number of hydrogen-bond donors (Lipinski definition) is 2. The number of nitrogens with one attached hydrogen (secondary N) is 1. The number of hydrogen-bond acceptors (Lipinski definition) is 4. The SMILES string of the molecule is C=CCC(N)C(=O)NN1CCOCC1. The molecule has 0 bridgehead atoms. The van der Waals surface area contributed by atoms with Gasteiger partial charge in [-0.25, -0.2) is 5.01 Å². The van der Waals surface area contributed by atoms with Crippen LogP contribution in [0.3, 0.4) is 0 Å². The standard InChI is InChI=1S/C9H17N3O2/c1-2-3-8(10)9(13)11-12-4-6-14-7-5-12/h2,8H,1,3-7,10H2,(H,11,13). The Kier molecular flexibility index (Phi) is 4.58. The molecule has 5 nitrogen and oxygen atoms in total. The molecule has 0 aromatic heterocycles. The molecule has 0 aromatic carbocycles. The summed E-state index contributed by atoms with van der Waals surface area (Å²) in [7, 11) is 0. The van der Waals surface area contributed by atoms with Gasteiger partial charge < -0.3 is 10.5 Å². The average Bonchev–Trinajstić information content (AvgIpc) is 2.19. The fourth-order valence-corrected chi connectivity index (χ4v) is 1.20. The van der Waals surface area contributed by atoms with Crippen LogP contribution in [0, 0.1) is 0 Å². The summed E-state index contributed by atoms with van der Waals surface area (Å²) >= 11 is 0. The summed E-state index contributed by atoms with van der Waals surface area (Å²) in [6.07, 6.45) is 2.14. The number of ether oxygens (including phenoxy) is 1. The number of carbonyl (C=O) groups is 1. The van der Waals surface area contributed by atoms with Gasteiger partial charge >= 0.3 is 0 Å². The van der Waals surface area contributed by atoms with Crippen LogP contribution >= 0.6 is 0 Å². The highest BCUT2D eigenvalue weighted by Gasteiger charge is 2.16. The van der Waals surface area contributed by atoms with Gasteiger partial charge in [0.25, 0.3) is 5.91 Å². The zero-order valence-corrected chi connectivity index (χ0v) is 8.24. The van der Waals surface area contributed by atoms with Gasteiger partial charge in [0, 0.05) is 13.1 Å². The van der Waals surface area contributed by atoms with Gasteiger partial charge in [-0.1, -0.05) is 6.08 Å². The van der Waals surface area contributed by atoms with E-state index in [0.717, 1.165) is 0 Å². The molecule has 14 heavy (non-hydrogen) atoms. The van der Waals surface area contributed by atoms with Crippen LogP contribution in [0.1, 0.15) is 6.42 Å². The summed E-state index contributed by atoms with van der Waals surface area (Å²) in [5.74, 6) is -0.160. The van der Waals surface area contributed by atoms with Crippen LogP contribution in [-0.2, 0) is 9.53 Å². The van der Waals surface area contributed by atoms with Gasteiger partial charge in [-0.3, -0.25) is 10.2 Å². The Morgan fingerprint density at radius 1 is 1.64 bits per heavy atom. The van der Waals surface area contributed by atoms with Crippen molar-refractivity contribution in [2.45, 2.75) is 12.5 Å². The zero-order valence-electron chi connectivity index (χ0n) is 8.24. The lowest BCUT2D eigenvalue weighted by Gasteiger charge is -2.27. The molecule has 1 heterocycles. The van der Waals surface area contributed by atoms with Crippen LogP contribution in [0.5, 0.6) is 0 Å². The van der Waals surface area contributed by atoms with Crippen molar-refractivity contribution in [2.24, 2.45) is 5.73 Å². The van der Waals surface area contributed by atoms with Crippen LogP contribution in [0.2, 0.25) is 0 Å². The van der Waals surface area contributed by atoms with E-state index in [9.17, 15) is 4.79 Å². The molecule has 1 aliphatic heterocycles. The topological polar surface area (TPSA) is 67.6 Å². The Morgan fingerprint density at radius 3 is 2.86 bits per heavy atom. The highest BCUT2D eigenvalue weighted by atomic mass is 16.5. The van der Waals surface area contributed by atoms with E-state index >= 15 is 0 Å². The molecule has 0 aromatic rings. The highest BCUT2D eigenvalue weighted by Crippen LogP contribution is 1.94. The molecule has 1 unspecified atom stereocenters. The van der Waals surface area contributed by atoms with Crippen molar-refractivity contribution in [3.8, 4) is 0 Å². The van der Waals surface area contributed by atoms with Crippen LogP contribution < -0.4 is 11.2 Å². The summed E-state index contributed by atoms with van der Waals surface area (Å²) < 4.78 is 5.15. The van der Waals surface area contributed by atoms with Gasteiger partial charge in [0.15, 0.2) is 0 Å². The van der Waals surface area contributed by atoms with E-state index in [1.54, 1.807) is 6.08 Å². The van der Waals surface area contributed by atoms with Crippen molar-refractivity contribution >= 4 is 5.91 Å². The summed E-state index contributed by atoms with van der Waals surface area (Å²) in [6.45, 7) is 6.27. The fourth-order valence-electron chi connectivity index (χ4n) is 1.20. The minimum Gasteiger partial charge on any atom is -0.379 e. The van der Waals surface area contributed by atoms with Crippen LogP contribution in [0.15, 0.2) is 12.7 Å². The van der Waals surface area contributed by atoms with E-state index in [2.05, 4.69) is 12.0 Å². The third kappa shape index (κ3) is 3.45. The molecule has 0 aliphatic carbocycles. The van der Waals surface area contributed by atoms with Crippen molar-refractivity contribution < 1.29 is 9.53 Å². The van der Waals surface area contributed by atoms with Crippen molar-refractivity contribution in [1.82, 2.24) is 10.4 Å². The molecule has 0 saturated carbocycles. The average molecular weight is 199 g/mol. The number of nitrogens with two attached hydrogens (primary N) is 1. The number of carbonyl (C=O) groups excluding carboxylic acids is 1. The minimum absolute atomic E-state index is 0.160. The van der Waals surface area contributed by atoms with Crippen LogP contribution in [-0.4, -0.2) is 43.3 Å². The van der Waals surface area contributed by atoms with E-state index in [4.69, 9.17) is 10.5 Å². The van der Waals surface area contributed by atoms with Crippen molar-refractivity contribution in [3.05, 3.63) is 12.7 Å². The van der Waals surface area contributed by atoms with Gasteiger partial charge in [0.1, 0.15) is 0 Å². The second-order valence-corrected chi connectivity index (χ2v) is 3.21. The molecular formula is C9H17N3O2. The maximum Gasteiger partial charge on any atom is 0.251 e. The summed E-state index contributed by atoms with van der Waals surface area (Å²) in [4.78, 5) is 11.4. The first-order valence-electron chi connectivity index (χ1n) is 4.73. The zero-order chi connectivity index (χ0) is 10.4. The third-order valence-corrected chi connectivity index (χ3v) is 2.04. The smallest absolute Gasteiger partial charge is 0.251 e. The lowest BCUT2D eigenvalue weighted by molar-refractivity contribution is -0.129. The molecule has 1 rings (SSSR count). The maximum atomic E-state index is 11.4. The summed E-state index contributed by atoms with van der Waals surface area (Å²) in [5, 5.41) is 1.83. The molecule has 0 radical (unpaired) electrons. The highest BCUT2D eigenvalue weighted by molar-refractivity contribution is 5.81. The summed E-state index contributed by atoms with van der Waals surface area (Å²) in [5.41, 5.74) is 8.35. The lowest BCUT2D eigenvalue weighted by atomic mass is 10.2. The summed E-state index contributed by atoms with van der Waals surface area (Å²) in [6, 6.07) is -0.504. The normalized spacial score (nSPS) is 20.1. The molecule has 0 spiro atoms. The van der Waals surface area contributed by atoms with Gasteiger partial charge in [-0.2, -0.15) is 0 Å². The predicted molar refractivity (Wildman–Crippen MR) is 53.3 cm³/mol. The fraction of sp³-hybridized carbons (Fsp3) is 0.667. The largest absolute Gasteiger partial charge is 0.379 e. The van der Waals surface area contributed by atoms with Gasteiger partial charge in [0.05, 0.1) is 19.3 Å². The second kappa shape index (κ2) is 5.74. The molecule has 3 N–H and O–H groups in total. The Bertz CT molecular complexity index is 202. The Balaban J connectivity index is 2.27. The first-order valence-corrected chi connectivity index (χ1v) is 4.73. The number of nitrogens with zero attached hydrogens (tertiary/aromatic N) is 1. The van der Waals surface area contributed by atoms with Gasteiger partial charge in [0.2, 0.25) is 0 Å². The van der Waals surface area contributed by atoms with E-state index in [0.29, 0.717) is 32.7 Å². The number of hydrazine groups is 1. The molecule has 5 heteroatoms. The van der Waals surface area contributed by atoms with Gasteiger partial charge in [-0.05, 0) is 6.42 Å². The predicted octanol–water partition coefficient (Wildman–Crippen LogP) is -0.747. The quantitative estimate of drug-likeness (QED) is 0.585. The molecule has 1 aliphatic rings. The monoisotopic (exact) mass is 199 g/mol. The maximum absolute atomic E-state index is 11.4. The van der Waals surface area contributed by atoms with Crippen molar-refractivity contribution in [3.63, 3.8) is 0 Å². The molecule has 1 atom stereocenters. The van der Waals surface area contributed by atoms with Crippen molar-refractivity contribution in [2.75, 3.05) is 26.3 Å². The Labute approximate surface area is 83.9 Å². The Hall–Kier alpha value is -0.910. The Morgan fingerprint density at radius 2 is 2.29 bits per heavy atom. The van der Waals surface area contributed by atoms with Gasteiger partial charge in [-0.15, -0.1) is 6.58 Å². The first-order chi connectivity index (χ1) is 6.74. The first kappa shape index (κ1) is 11.2. The molecular weight excluding hydrogens is 182 g/mol. The second-order valence-electron chi connectivity index (χ2n) is 3.21. The van der Waals surface area contributed by atoms with Crippen LogP contribution in [0.4, 0.5) is 0 Å². The van der Waals surface area contributed by atoms with Crippen molar-refractivity contribution in [1.29, 1.82) is 0 Å². The lowest BCUT2D eigenvalue weighted by Crippen LogP contribution is -2.53. The molecule has 1 fully saturated rings.